The van der Waals surface area contributed by atoms with Gasteiger partial charge in [-0.2, -0.15) is 0 Å². The predicted octanol–water partition coefficient (Wildman–Crippen LogP) is 4.08. The minimum atomic E-state index is 0.274. The molecule has 108 valence electrons. The number of allylic oxidation sites excluding steroid dienone is 1. The smallest absolute Gasteiger partial charge is 0.0480 e. The maximum Gasteiger partial charge on any atom is 0.0480 e. The number of benzene rings is 1. The zero-order valence-electron chi connectivity index (χ0n) is 12.6. The van der Waals surface area contributed by atoms with Gasteiger partial charge in [-0.25, -0.2) is 0 Å². The third kappa shape index (κ3) is 3.51. The van der Waals surface area contributed by atoms with Crippen molar-refractivity contribution in [2.45, 2.75) is 32.6 Å². The van der Waals surface area contributed by atoms with Crippen LogP contribution in [0, 0.1) is 5.92 Å². The van der Waals surface area contributed by atoms with E-state index in [1.807, 2.05) is 0 Å². The summed E-state index contributed by atoms with van der Waals surface area (Å²) in [6.45, 7) is 6.53. The standard InChI is InChI=1S/C18H25NO/c1-14(8-9-15(2)13-20)10-11-16-12-19(3)18-7-5-4-6-17(16)18/h4-7,12,15,20H,1,8-11,13H2,2-3H3. The lowest BCUT2D eigenvalue weighted by Gasteiger charge is -2.09. The number of aliphatic hydroxyl groups is 1. The molecule has 0 amide bonds. The molecule has 0 saturated carbocycles. The Kier molecular flexibility index (Phi) is 5.02. The van der Waals surface area contributed by atoms with E-state index in [4.69, 9.17) is 5.11 Å². The van der Waals surface area contributed by atoms with Crippen LogP contribution in [0.2, 0.25) is 0 Å². The highest BCUT2D eigenvalue weighted by molar-refractivity contribution is 5.83. The Hall–Kier alpha value is -1.54. The molecule has 1 aromatic carbocycles. The summed E-state index contributed by atoms with van der Waals surface area (Å²) in [5.74, 6) is 0.379. The Bertz CT molecular complexity index is 582. The lowest BCUT2D eigenvalue weighted by Crippen LogP contribution is -2.01. The highest BCUT2D eigenvalue weighted by Crippen LogP contribution is 2.23. The van der Waals surface area contributed by atoms with Gasteiger partial charge in [-0.05, 0) is 43.2 Å². The Morgan fingerprint density at radius 2 is 2.05 bits per heavy atom. The van der Waals surface area contributed by atoms with E-state index in [2.05, 4.69) is 55.6 Å². The van der Waals surface area contributed by atoms with Crippen LogP contribution < -0.4 is 0 Å². The summed E-state index contributed by atoms with van der Waals surface area (Å²) in [6, 6.07) is 8.54. The van der Waals surface area contributed by atoms with Crippen LogP contribution >= 0.6 is 0 Å². The molecule has 1 N–H and O–H groups in total. The van der Waals surface area contributed by atoms with E-state index < -0.39 is 0 Å². The molecule has 1 unspecified atom stereocenters. The molecule has 2 aromatic rings. The highest BCUT2D eigenvalue weighted by atomic mass is 16.3. The number of para-hydroxylation sites is 1. The molecular formula is C18H25NO. The maximum atomic E-state index is 9.04. The Labute approximate surface area is 121 Å². The molecule has 0 saturated heterocycles. The molecule has 1 atom stereocenters. The van der Waals surface area contributed by atoms with E-state index in [-0.39, 0.29) is 6.61 Å². The second-order valence-electron chi connectivity index (χ2n) is 5.86. The van der Waals surface area contributed by atoms with Gasteiger partial charge in [0, 0.05) is 30.8 Å². The molecule has 0 aliphatic rings. The van der Waals surface area contributed by atoms with Crippen molar-refractivity contribution >= 4 is 10.9 Å². The number of rotatable bonds is 7. The number of aromatic nitrogens is 1. The van der Waals surface area contributed by atoms with Gasteiger partial charge in [0.2, 0.25) is 0 Å². The molecule has 0 aliphatic carbocycles. The first kappa shape index (κ1) is 14.9. The lowest BCUT2D eigenvalue weighted by molar-refractivity contribution is 0.230. The largest absolute Gasteiger partial charge is 0.396 e. The average Bonchev–Trinajstić information content (AvgIpc) is 2.79. The third-order valence-corrected chi connectivity index (χ3v) is 4.03. The Morgan fingerprint density at radius 1 is 1.30 bits per heavy atom. The van der Waals surface area contributed by atoms with Crippen LogP contribution in [0.4, 0.5) is 0 Å². The van der Waals surface area contributed by atoms with Crippen LogP contribution in [0.15, 0.2) is 42.6 Å². The normalized spacial score (nSPS) is 12.8. The van der Waals surface area contributed by atoms with E-state index in [0.717, 1.165) is 25.7 Å². The van der Waals surface area contributed by atoms with Crippen LogP contribution in [-0.4, -0.2) is 16.3 Å². The fourth-order valence-electron chi connectivity index (χ4n) is 2.60. The summed E-state index contributed by atoms with van der Waals surface area (Å²) < 4.78 is 2.20. The summed E-state index contributed by atoms with van der Waals surface area (Å²) in [4.78, 5) is 0. The molecule has 1 aromatic heterocycles. The van der Waals surface area contributed by atoms with Crippen LogP contribution in [0.5, 0.6) is 0 Å². The van der Waals surface area contributed by atoms with Crippen molar-refractivity contribution in [3.63, 3.8) is 0 Å². The van der Waals surface area contributed by atoms with Gasteiger partial charge in [-0.1, -0.05) is 37.3 Å². The van der Waals surface area contributed by atoms with Crippen molar-refractivity contribution in [1.29, 1.82) is 0 Å². The molecule has 20 heavy (non-hydrogen) atoms. The minimum Gasteiger partial charge on any atom is -0.396 e. The SMILES string of the molecule is C=C(CCc1cn(C)c2ccccc12)CCC(C)CO. The highest BCUT2D eigenvalue weighted by Gasteiger charge is 2.07. The van der Waals surface area contributed by atoms with Crippen molar-refractivity contribution in [3.05, 3.63) is 48.2 Å². The second-order valence-corrected chi connectivity index (χ2v) is 5.86. The topological polar surface area (TPSA) is 25.2 Å². The lowest BCUT2D eigenvalue weighted by atomic mass is 9.98. The van der Waals surface area contributed by atoms with Crippen LogP contribution in [0.25, 0.3) is 10.9 Å². The minimum absolute atomic E-state index is 0.274. The molecule has 0 bridgehead atoms. The first-order chi connectivity index (χ1) is 9.61. The quantitative estimate of drug-likeness (QED) is 0.754. The second kappa shape index (κ2) is 6.76. The van der Waals surface area contributed by atoms with E-state index >= 15 is 0 Å². The zero-order valence-corrected chi connectivity index (χ0v) is 12.6. The van der Waals surface area contributed by atoms with E-state index in [1.54, 1.807) is 0 Å². The zero-order chi connectivity index (χ0) is 14.5. The molecule has 1 heterocycles. The fourth-order valence-corrected chi connectivity index (χ4v) is 2.60. The van der Waals surface area contributed by atoms with Gasteiger partial charge in [0.15, 0.2) is 0 Å². The number of fused-ring (bicyclic) bond motifs is 1. The number of hydrogen-bond donors (Lipinski definition) is 1. The molecular weight excluding hydrogens is 246 g/mol. The van der Waals surface area contributed by atoms with Gasteiger partial charge in [0.1, 0.15) is 0 Å². The van der Waals surface area contributed by atoms with Gasteiger partial charge < -0.3 is 9.67 Å². The van der Waals surface area contributed by atoms with Crippen LogP contribution in [-0.2, 0) is 13.5 Å². The predicted molar refractivity (Wildman–Crippen MR) is 85.9 cm³/mol. The monoisotopic (exact) mass is 271 g/mol. The van der Waals surface area contributed by atoms with Gasteiger partial charge >= 0.3 is 0 Å². The van der Waals surface area contributed by atoms with Gasteiger partial charge in [-0.15, -0.1) is 0 Å². The first-order valence-electron chi connectivity index (χ1n) is 7.42. The van der Waals surface area contributed by atoms with Crippen molar-refractivity contribution < 1.29 is 5.11 Å². The van der Waals surface area contributed by atoms with E-state index in [1.165, 1.54) is 22.0 Å². The van der Waals surface area contributed by atoms with Crippen molar-refractivity contribution in [3.8, 4) is 0 Å². The number of aliphatic hydroxyl groups excluding tert-OH is 1. The molecule has 0 spiro atoms. The van der Waals surface area contributed by atoms with Crippen molar-refractivity contribution in [2.75, 3.05) is 6.61 Å². The molecule has 2 rings (SSSR count). The Balaban J connectivity index is 1.94. The number of aryl methyl sites for hydroxylation is 2. The number of hydrogen-bond acceptors (Lipinski definition) is 1. The van der Waals surface area contributed by atoms with E-state index in [9.17, 15) is 0 Å². The first-order valence-corrected chi connectivity index (χ1v) is 7.42. The van der Waals surface area contributed by atoms with Crippen molar-refractivity contribution in [1.82, 2.24) is 4.57 Å². The molecule has 2 heteroatoms. The third-order valence-electron chi connectivity index (χ3n) is 4.03. The van der Waals surface area contributed by atoms with Gasteiger partial charge in [-0.3, -0.25) is 0 Å². The van der Waals surface area contributed by atoms with Crippen molar-refractivity contribution in [2.24, 2.45) is 13.0 Å². The van der Waals surface area contributed by atoms with Crippen LogP contribution in [0.3, 0.4) is 0 Å². The average molecular weight is 271 g/mol. The molecule has 0 aliphatic heterocycles. The summed E-state index contributed by atoms with van der Waals surface area (Å²) in [7, 11) is 2.10. The summed E-state index contributed by atoms with van der Waals surface area (Å²) >= 11 is 0. The molecule has 2 nitrogen and oxygen atoms in total. The summed E-state index contributed by atoms with van der Waals surface area (Å²) in [5, 5.41) is 10.4. The maximum absolute atomic E-state index is 9.04. The van der Waals surface area contributed by atoms with Gasteiger partial charge in [0.25, 0.3) is 0 Å². The molecule has 0 fully saturated rings. The van der Waals surface area contributed by atoms with E-state index in [0.29, 0.717) is 5.92 Å². The number of nitrogens with zero attached hydrogens (tertiary/aromatic N) is 1. The summed E-state index contributed by atoms with van der Waals surface area (Å²) in [5.41, 5.74) is 3.99. The van der Waals surface area contributed by atoms with Gasteiger partial charge in [0.05, 0.1) is 0 Å². The fraction of sp³-hybridized carbons (Fsp3) is 0.444. The summed E-state index contributed by atoms with van der Waals surface area (Å²) in [6.07, 6.45) is 6.37. The Morgan fingerprint density at radius 3 is 2.80 bits per heavy atom. The van der Waals surface area contributed by atoms with Crippen LogP contribution in [0.1, 0.15) is 31.7 Å². The molecule has 0 radical (unpaired) electrons.